The summed E-state index contributed by atoms with van der Waals surface area (Å²) in [5.74, 6) is 0.0843. The van der Waals surface area contributed by atoms with E-state index in [0.717, 1.165) is 16.5 Å². The maximum Gasteiger partial charge on any atom is 0.282 e. The van der Waals surface area contributed by atoms with E-state index in [2.05, 4.69) is 26.0 Å². The van der Waals surface area contributed by atoms with Crippen LogP contribution in [0.3, 0.4) is 0 Å². The first-order valence-corrected chi connectivity index (χ1v) is 10.8. The van der Waals surface area contributed by atoms with Crippen molar-refractivity contribution in [1.82, 2.24) is 24.5 Å². The Labute approximate surface area is 181 Å². The van der Waals surface area contributed by atoms with Crippen LogP contribution in [0.25, 0.3) is 22.1 Å². The van der Waals surface area contributed by atoms with Crippen molar-refractivity contribution in [3.8, 4) is 0 Å². The Hall–Kier alpha value is -3.52. The SMILES string of the molecule is O=c1c2nccnc2nc(SCc2ccccc2F)n1CCc1c[nH]c2ccccc12. The Balaban J connectivity index is 1.50. The molecule has 8 heteroatoms. The van der Waals surface area contributed by atoms with Crippen LogP contribution in [-0.2, 0) is 18.7 Å². The summed E-state index contributed by atoms with van der Waals surface area (Å²) in [6, 6.07) is 14.7. The third-order valence-corrected chi connectivity index (χ3v) is 6.18. The molecule has 0 saturated heterocycles. The van der Waals surface area contributed by atoms with Gasteiger partial charge in [-0.3, -0.25) is 9.36 Å². The summed E-state index contributed by atoms with van der Waals surface area (Å²) >= 11 is 1.32. The number of benzene rings is 2. The maximum atomic E-state index is 14.1. The molecule has 31 heavy (non-hydrogen) atoms. The van der Waals surface area contributed by atoms with E-state index in [1.807, 2.05) is 24.4 Å². The normalized spacial score (nSPS) is 11.4. The third kappa shape index (κ3) is 3.82. The van der Waals surface area contributed by atoms with Crippen molar-refractivity contribution in [2.75, 3.05) is 0 Å². The van der Waals surface area contributed by atoms with Crippen LogP contribution in [0, 0.1) is 5.82 Å². The number of aromatic amines is 1. The van der Waals surface area contributed by atoms with Crippen LogP contribution in [-0.4, -0.2) is 24.5 Å². The van der Waals surface area contributed by atoms with Gasteiger partial charge in [0.2, 0.25) is 0 Å². The highest BCUT2D eigenvalue weighted by atomic mass is 32.2. The van der Waals surface area contributed by atoms with Crippen LogP contribution >= 0.6 is 11.8 Å². The standard InChI is InChI=1S/C23H18FN5OS/c24-18-7-3-1-5-16(18)14-31-23-28-21-20(25-10-11-26-21)22(30)29(23)12-9-15-13-27-19-8-4-2-6-17(15)19/h1-8,10-11,13,27H,9,12,14H2. The number of halogens is 1. The van der Waals surface area contributed by atoms with Crippen LogP contribution in [0.15, 0.2) is 77.1 Å². The lowest BCUT2D eigenvalue weighted by atomic mass is 10.1. The molecule has 0 aliphatic rings. The summed E-state index contributed by atoms with van der Waals surface area (Å²) in [5.41, 5.74) is 3.02. The van der Waals surface area contributed by atoms with Gasteiger partial charge in [-0.05, 0) is 29.7 Å². The third-order valence-electron chi connectivity index (χ3n) is 5.15. The number of aromatic nitrogens is 5. The molecule has 1 N–H and O–H groups in total. The van der Waals surface area contributed by atoms with Gasteiger partial charge in [0.15, 0.2) is 16.3 Å². The number of thioether (sulfide) groups is 1. The fourth-order valence-electron chi connectivity index (χ4n) is 3.56. The minimum absolute atomic E-state index is 0.233. The summed E-state index contributed by atoms with van der Waals surface area (Å²) in [5, 5.41) is 1.63. The van der Waals surface area contributed by atoms with Gasteiger partial charge < -0.3 is 4.98 Å². The molecule has 0 saturated carbocycles. The van der Waals surface area contributed by atoms with Crippen LogP contribution in [0.5, 0.6) is 0 Å². The van der Waals surface area contributed by atoms with Crippen molar-refractivity contribution in [2.45, 2.75) is 23.9 Å². The smallest absolute Gasteiger partial charge is 0.282 e. The maximum absolute atomic E-state index is 14.1. The Bertz CT molecular complexity index is 1450. The molecule has 5 rings (SSSR count). The molecule has 6 nitrogen and oxygen atoms in total. The van der Waals surface area contributed by atoms with Crippen LogP contribution in [0.2, 0.25) is 0 Å². The number of nitrogens with one attached hydrogen (secondary N) is 1. The topological polar surface area (TPSA) is 76.5 Å². The molecule has 0 bridgehead atoms. The van der Waals surface area contributed by atoms with E-state index >= 15 is 0 Å². The molecule has 0 unspecified atom stereocenters. The van der Waals surface area contributed by atoms with Gasteiger partial charge >= 0.3 is 0 Å². The number of hydrogen-bond donors (Lipinski definition) is 1. The predicted molar refractivity (Wildman–Crippen MR) is 120 cm³/mol. The minimum atomic E-state index is -0.275. The molecule has 0 atom stereocenters. The molecule has 0 spiro atoms. The van der Waals surface area contributed by atoms with E-state index in [0.29, 0.717) is 35.1 Å². The van der Waals surface area contributed by atoms with Crippen molar-refractivity contribution in [3.63, 3.8) is 0 Å². The van der Waals surface area contributed by atoms with E-state index < -0.39 is 0 Å². The summed E-state index contributed by atoms with van der Waals surface area (Å²) in [7, 11) is 0. The van der Waals surface area contributed by atoms with Crippen molar-refractivity contribution in [2.24, 2.45) is 0 Å². The minimum Gasteiger partial charge on any atom is -0.361 e. The Morgan fingerprint density at radius 2 is 1.81 bits per heavy atom. The van der Waals surface area contributed by atoms with Gasteiger partial charge in [-0.25, -0.2) is 19.3 Å². The zero-order chi connectivity index (χ0) is 21.2. The fourth-order valence-corrected chi connectivity index (χ4v) is 4.56. The number of H-pyrrole nitrogens is 1. The molecule has 0 radical (unpaired) electrons. The van der Waals surface area contributed by atoms with E-state index in [9.17, 15) is 9.18 Å². The van der Waals surface area contributed by atoms with Crippen molar-refractivity contribution in [3.05, 3.63) is 94.4 Å². The number of fused-ring (bicyclic) bond motifs is 2. The van der Waals surface area contributed by atoms with Gasteiger partial charge in [0.1, 0.15) is 5.82 Å². The molecule has 0 aliphatic heterocycles. The molecule has 5 aromatic rings. The van der Waals surface area contributed by atoms with Crippen molar-refractivity contribution in [1.29, 1.82) is 0 Å². The highest BCUT2D eigenvalue weighted by Gasteiger charge is 2.15. The van der Waals surface area contributed by atoms with Crippen LogP contribution < -0.4 is 5.56 Å². The number of hydrogen-bond acceptors (Lipinski definition) is 5. The summed E-state index contributed by atoms with van der Waals surface area (Å²) in [4.78, 5) is 29.4. The number of rotatable bonds is 6. The highest BCUT2D eigenvalue weighted by Crippen LogP contribution is 2.24. The molecule has 3 aromatic heterocycles. The monoisotopic (exact) mass is 431 g/mol. The second-order valence-electron chi connectivity index (χ2n) is 7.07. The van der Waals surface area contributed by atoms with E-state index in [-0.39, 0.29) is 16.9 Å². The zero-order valence-corrected chi connectivity index (χ0v) is 17.3. The van der Waals surface area contributed by atoms with E-state index in [1.54, 1.807) is 22.8 Å². The molecule has 0 fully saturated rings. The first kappa shape index (κ1) is 19.4. The highest BCUT2D eigenvalue weighted by molar-refractivity contribution is 7.98. The Morgan fingerprint density at radius 3 is 2.71 bits per heavy atom. The fraction of sp³-hybridized carbons (Fsp3) is 0.130. The Morgan fingerprint density at radius 1 is 1.00 bits per heavy atom. The number of nitrogens with zero attached hydrogens (tertiary/aromatic N) is 4. The van der Waals surface area contributed by atoms with Gasteiger partial charge in [0.25, 0.3) is 5.56 Å². The molecular weight excluding hydrogens is 413 g/mol. The average molecular weight is 431 g/mol. The van der Waals surface area contributed by atoms with Gasteiger partial charge in [0, 0.05) is 41.8 Å². The quantitative estimate of drug-likeness (QED) is 0.320. The van der Waals surface area contributed by atoms with E-state index in [1.165, 1.54) is 30.2 Å². The summed E-state index contributed by atoms with van der Waals surface area (Å²) in [6.45, 7) is 0.430. The Kier molecular flexibility index (Phi) is 5.21. The van der Waals surface area contributed by atoms with Gasteiger partial charge in [-0.15, -0.1) is 0 Å². The van der Waals surface area contributed by atoms with Gasteiger partial charge in [-0.2, -0.15) is 0 Å². The second-order valence-corrected chi connectivity index (χ2v) is 8.01. The predicted octanol–water partition coefficient (Wildman–Crippen LogP) is 4.34. The van der Waals surface area contributed by atoms with Crippen molar-refractivity contribution >= 4 is 33.8 Å². The zero-order valence-electron chi connectivity index (χ0n) is 16.5. The van der Waals surface area contributed by atoms with Crippen molar-refractivity contribution < 1.29 is 4.39 Å². The molecule has 3 heterocycles. The van der Waals surface area contributed by atoms with Crippen LogP contribution in [0.4, 0.5) is 4.39 Å². The molecule has 0 aliphatic carbocycles. The first-order valence-electron chi connectivity index (χ1n) is 9.83. The first-order chi connectivity index (χ1) is 15.2. The lowest BCUT2D eigenvalue weighted by Gasteiger charge is -2.12. The molecular formula is C23H18FN5OS. The molecule has 2 aromatic carbocycles. The number of para-hydroxylation sites is 1. The largest absolute Gasteiger partial charge is 0.361 e. The average Bonchev–Trinajstić information content (AvgIpc) is 3.21. The lowest BCUT2D eigenvalue weighted by Crippen LogP contribution is -2.25. The van der Waals surface area contributed by atoms with Crippen LogP contribution in [0.1, 0.15) is 11.1 Å². The second kappa shape index (κ2) is 8.31. The summed E-state index contributed by atoms with van der Waals surface area (Å²) < 4.78 is 15.7. The van der Waals surface area contributed by atoms with Gasteiger partial charge in [0.05, 0.1) is 0 Å². The van der Waals surface area contributed by atoms with Gasteiger partial charge in [-0.1, -0.05) is 48.2 Å². The number of aryl methyl sites for hydroxylation is 1. The lowest BCUT2D eigenvalue weighted by molar-refractivity contribution is 0.593. The molecule has 0 amide bonds. The summed E-state index contributed by atoms with van der Waals surface area (Å²) in [6.07, 6.45) is 5.61. The molecule has 154 valence electrons. The van der Waals surface area contributed by atoms with E-state index in [4.69, 9.17) is 0 Å².